The van der Waals surface area contributed by atoms with Gasteiger partial charge in [-0.25, -0.2) is 4.98 Å². The number of hydrogen-bond donors (Lipinski definition) is 0. The summed E-state index contributed by atoms with van der Waals surface area (Å²) in [5, 5.41) is 0.787. The van der Waals surface area contributed by atoms with Crippen LogP contribution in [-0.4, -0.2) is 59.8 Å². The van der Waals surface area contributed by atoms with Crippen molar-refractivity contribution in [3.63, 3.8) is 0 Å². The van der Waals surface area contributed by atoms with E-state index in [9.17, 15) is 9.59 Å². The SMILES string of the molecule is [2H]c1ccc2nc(OC)ncc2c1N1CCN(C(=O)C=CC(C)=O)CC1. The van der Waals surface area contributed by atoms with Crippen LogP contribution >= 0.6 is 0 Å². The minimum Gasteiger partial charge on any atom is -0.467 e. The second-order valence-corrected chi connectivity index (χ2v) is 5.74. The predicted molar refractivity (Wildman–Crippen MR) is 94.7 cm³/mol. The summed E-state index contributed by atoms with van der Waals surface area (Å²) in [7, 11) is 1.51. The van der Waals surface area contributed by atoms with Gasteiger partial charge in [-0.15, -0.1) is 0 Å². The molecule has 7 nitrogen and oxygen atoms in total. The lowest BCUT2D eigenvalue weighted by Crippen LogP contribution is -2.48. The van der Waals surface area contributed by atoms with Gasteiger partial charge in [0, 0.05) is 49.5 Å². The molecule has 2 aromatic rings. The van der Waals surface area contributed by atoms with E-state index >= 15 is 0 Å². The Morgan fingerprint density at radius 2 is 2.04 bits per heavy atom. The number of allylic oxidation sites excluding steroid dienone is 1. The van der Waals surface area contributed by atoms with E-state index < -0.39 is 0 Å². The smallest absolute Gasteiger partial charge is 0.316 e. The fraction of sp³-hybridized carbons (Fsp3) is 0.333. The Hall–Kier alpha value is -2.96. The number of piperazine rings is 1. The summed E-state index contributed by atoms with van der Waals surface area (Å²) >= 11 is 0. The highest BCUT2D eigenvalue weighted by Crippen LogP contribution is 2.27. The summed E-state index contributed by atoms with van der Waals surface area (Å²) in [4.78, 5) is 35.3. The van der Waals surface area contributed by atoms with Crippen LogP contribution in [0.3, 0.4) is 0 Å². The molecule has 0 N–H and O–H groups in total. The number of anilines is 1. The van der Waals surface area contributed by atoms with Gasteiger partial charge in [0.05, 0.1) is 14.0 Å². The second-order valence-electron chi connectivity index (χ2n) is 5.74. The maximum atomic E-state index is 12.1. The van der Waals surface area contributed by atoms with Crippen LogP contribution in [0.15, 0.2) is 36.5 Å². The molecule has 2 heterocycles. The third-order valence-electron chi connectivity index (χ3n) is 4.06. The lowest BCUT2D eigenvalue weighted by molar-refractivity contribution is -0.126. The van der Waals surface area contributed by atoms with Crippen molar-refractivity contribution in [3.8, 4) is 6.01 Å². The van der Waals surface area contributed by atoms with Crippen molar-refractivity contribution in [1.29, 1.82) is 0 Å². The summed E-state index contributed by atoms with van der Waals surface area (Å²) in [6.07, 6.45) is 4.26. The highest BCUT2D eigenvalue weighted by atomic mass is 16.5. The zero-order valence-electron chi connectivity index (χ0n) is 15.2. The first kappa shape index (κ1) is 15.6. The average Bonchev–Trinajstić information content (AvgIpc) is 2.65. The number of carbonyl (C=O) groups excluding carboxylic acids is 2. The Balaban J connectivity index is 1.80. The summed E-state index contributed by atoms with van der Waals surface area (Å²) in [6.45, 7) is 3.64. The molecule has 0 atom stereocenters. The number of fused-ring (bicyclic) bond motifs is 1. The number of aromatic nitrogens is 2. The molecule has 1 amide bonds. The molecule has 130 valence electrons. The van der Waals surface area contributed by atoms with Crippen molar-refractivity contribution < 1.29 is 15.7 Å². The Labute approximate surface area is 147 Å². The Bertz CT molecular complexity index is 876. The average molecular weight is 341 g/mol. The summed E-state index contributed by atoms with van der Waals surface area (Å²) in [5.41, 5.74) is 1.47. The van der Waals surface area contributed by atoms with Crippen molar-refractivity contribution >= 4 is 28.3 Å². The number of methoxy groups -OCH3 is 1. The van der Waals surface area contributed by atoms with Crippen LogP contribution in [0.1, 0.15) is 8.29 Å². The van der Waals surface area contributed by atoms with Crippen LogP contribution in [0, 0.1) is 0 Å². The number of amides is 1. The number of rotatable bonds is 4. The molecule has 1 fully saturated rings. The Kier molecular flexibility index (Phi) is 4.54. The molecular weight excluding hydrogens is 320 g/mol. The van der Waals surface area contributed by atoms with E-state index in [0.717, 1.165) is 11.1 Å². The minimum absolute atomic E-state index is 0.151. The van der Waals surface area contributed by atoms with Gasteiger partial charge in [0.15, 0.2) is 5.78 Å². The van der Waals surface area contributed by atoms with Gasteiger partial charge in [-0.3, -0.25) is 9.59 Å². The van der Waals surface area contributed by atoms with Crippen LogP contribution in [0.5, 0.6) is 6.01 Å². The maximum Gasteiger partial charge on any atom is 0.316 e. The lowest BCUT2D eigenvalue weighted by Gasteiger charge is -2.36. The van der Waals surface area contributed by atoms with Gasteiger partial charge in [0.25, 0.3) is 0 Å². The van der Waals surface area contributed by atoms with E-state index in [4.69, 9.17) is 6.11 Å². The molecular formula is C18H20N4O3. The normalized spacial score (nSPS) is 15.5. The molecule has 1 aliphatic rings. The zero-order chi connectivity index (χ0) is 18.7. The Morgan fingerprint density at radius 3 is 2.72 bits per heavy atom. The second kappa shape index (κ2) is 7.29. The van der Waals surface area contributed by atoms with Gasteiger partial charge in [-0.1, -0.05) is 6.07 Å². The number of ketones is 1. The monoisotopic (exact) mass is 341 g/mol. The standard InChI is InChI=1S/C18H20N4O3/c1-13(23)6-7-17(24)22-10-8-21(9-11-22)16-5-3-4-15-14(16)12-19-18(20-15)25-2/h3-7,12H,8-11H2,1-2H3/i5D. The first-order chi connectivity index (χ1) is 12.5. The van der Waals surface area contributed by atoms with Gasteiger partial charge < -0.3 is 14.5 Å². The molecule has 0 saturated carbocycles. The number of hydrogen-bond acceptors (Lipinski definition) is 6. The van der Waals surface area contributed by atoms with Crippen LogP contribution in [-0.2, 0) is 9.59 Å². The molecule has 1 saturated heterocycles. The van der Waals surface area contributed by atoms with E-state index in [-0.39, 0.29) is 17.7 Å². The third kappa shape index (κ3) is 3.76. The molecule has 25 heavy (non-hydrogen) atoms. The lowest BCUT2D eigenvalue weighted by atomic mass is 10.1. The van der Waals surface area contributed by atoms with Gasteiger partial charge >= 0.3 is 6.01 Å². The van der Waals surface area contributed by atoms with Crippen molar-refractivity contribution in [2.45, 2.75) is 6.92 Å². The molecule has 0 unspecified atom stereocenters. The van der Waals surface area contributed by atoms with E-state index in [1.807, 2.05) is 0 Å². The molecule has 0 spiro atoms. The molecule has 1 aromatic carbocycles. The highest BCUT2D eigenvalue weighted by Gasteiger charge is 2.21. The molecule has 0 aliphatic carbocycles. The molecule has 7 heteroatoms. The molecule has 0 radical (unpaired) electrons. The van der Waals surface area contributed by atoms with Gasteiger partial charge in [0.1, 0.15) is 0 Å². The zero-order valence-corrected chi connectivity index (χ0v) is 14.2. The topological polar surface area (TPSA) is 75.6 Å². The number of benzene rings is 1. The van der Waals surface area contributed by atoms with E-state index in [0.29, 0.717) is 37.7 Å². The quantitative estimate of drug-likeness (QED) is 0.783. The van der Waals surface area contributed by atoms with Crippen molar-refractivity contribution in [1.82, 2.24) is 14.9 Å². The van der Waals surface area contributed by atoms with Crippen LogP contribution in [0.4, 0.5) is 5.69 Å². The van der Waals surface area contributed by atoms with E-state index in [1.54, 1.807) is 23.2 Å². The van der Waals surface area contributed by atoms with Crippen LogP contribution in [0.25, 0.3) is 10.9 Å². The van der Waals surface area contributed by atoms with Crippen molar-refractivity contribution in [2.75, 3.05) is 38.2 Å². The van der Waals surface area contributed by atoms with Crippen molar-refractivity contribution in [2.24, 2.45) is 0 Å². The number of nitrogens with zero attached hydrogens (tertiary/aromatic N) is 4. The molecule has 1 aromatic heterocycles. The first-order valence-electron chi connectivity index (χ1n) is 8.52. The van der Waals surface area contributed by atoms with E-state index in [2.05, 4.69) is 14.9 Å². The van der Waals surface area contributed by atoms with E-state index in [1.165, 1.54) is 26.2 Å². The van der Waals surface area contributed by atoms with Crippen LogP contribution in [0.2, 0.25) is 0 Å². The highest BCUT2D eigenvalue weighted by molar-refractivity contribution is 5.97. The van der Waals surface area contributed by atoms with Gasteiger partial charge in [-0.05, 0) is 25.1 Å². The number of ether oxygens (including phenoxy) is 1. The Morgan fingerprint density at radius 1 is 1.28 bits per heavy atom. The molecule has 3 rings (SSSR count). The molecule has 0 bridgehead atoms. The molecule has 1 aliphatic heterocycles. The van der Waals surface area contributed by atoms with Crippen molar-refractivity contribution in [3.05, 3.63) is 36.5 Å². The summed E-state index contributed by atoms with van der Waals surface area (Å²) in [6, 6.07) is 4.16. The van der Waals surface area contributed by atoms with Crippen LogP contribution < -0.4 is 9.64 Å². The van der Waals surface area contributed by atoms with Gasteiger partial charge in [-0.2, -0.15) is 4.98 Å². The maximum absolute atomic E-state index is 12.1. The fourth-order valence-corrected chi connectivity index (χ4v) is 2.77. The summed E-state index contributed by atoms with van der Waals surface area (Å²) < 4.78 is 13.3. The third-order valence-corrected chi connectivity index (χ3v) is 4.06. The predicted octanol–water partition coefficient (Wildman–Crippen LogP) is 1.43. The summed E-state index contributed by atoms with van der Waals surface area (Å²) in [5.74, 6) is -0.320. The first-order valence-corrected chi connectivity index (χ1v) is 8.02. The largest absolute Gasteiger partial charge is 0.467 e. The van der Waals surface area contributed by atoms with Gasteiger partial charge in [0.2, 0.25) is 5.91 Å². The minimum atomic E-state index is -0.170. The number of carbonyl (C=O) groups is 2. The fourth-order valence-electron chi connectivity index (χ4n) is 2.77.